The number of aliphatic hydroxyl groups is 1. The molecule has 0 radical (unpaired) electrons. The largest absolute Gasteiger partial charge is 0.396 e. The van der Waals surface area contributed by atoms with Crippen molar-refractivity contribution < 1.29 is 9.90 Å². The molecule has 2 N–H and O–H groups in total. The first-order valence-corrected chi connectivity index (χ1v) is 6.61. The van der Waals surface area contributed by atoms with Gasteiger partial charge in [0.05, 0.1) is 0 Å². The summed E-state index contributed by atoms with van der Waals surface area (Å²) >= 11 is 0. The molecule has 0 saturated carbocycles. The molecule has 2 aromatic heterocycles. The van der Waals surface area contributed by atoms with Crippen LogP contribution in [0.1, 0.15) is 43.0 Å². The molecule has 0 fully saturated rings. The Balaban J connectivity index is 2.25. The minimum Gasteiger partial charge on any atom is -0.396 e. The molecule has 1 atom stereocenters. The second kappa shape index (κ2) is 5.54. The number of aryl methyl sites for hydroxylation is 1. The fraction of sp³-hybridized carbons (Fsp3) is 0.538. The molecule has 0 spiro atoms. The summed E-state index contributed by atoms with van der Waals surface area (Å²) in [5, 5.41) is 16.1. The number of aromatic nitrogens is 4. The maximum Gasteiger partial charge on any atom is 0.291 e. The molecule has 20 heavy (non-hydrogen) atoms. The van der Waals surface area contributed by atoms with Gasteiger partial charge in [-0.05, 0) is 32.8 Å². The van der Waals surface area contributed by atoms with E-state index < -0.39 is 5.54 Å². The monoisotopic (exact) mass is 277 g/mol. The Morgan fingerprint density at radius 1 is 1.55 bits per heavy atom. The van der Waals surface area contributed by atoms with E-state index >= 15 is 0 Å². The molecular formula is C13H19N5O2. The quantitative estimate of drug-likeness (QED) is 0.840. The van der Waals surface area contributed by atoms with Crippen molar-refractivity contribution in [1.82, 2.24) is 24.9 Å². The summed E-state index contributed by atoms with van der Waals surface area (Å²) in [7, 11) is 0. The number of rotatable bonds is 5. The van der Waals surface area contributed by atoms with Crippen molar-refractivity contribution in [2.45, 2.75) is 39.2 Å². The minimum atomic E-state index is -0.466. The van der Waals surface area contributed by atoms with Crippen molar-refractivity contribution in [2.75, 3.05) is 6.61 Å². The lowest BCUT2D eigenvalue weighted by Gasteiger charge is -2.28. The van der Waals surface area contributed by atoms with Crippen LogP contribution in [0.3, 0.4) is 0 Å². The van der Waals surface area contributed by atoms with Crippen molar-refractivity contribution in [1.29, 1.82) is 0 Å². The number of hydrogen-bond donors (Lipinski definition) is 2. The van der Waals surface area contributed by atoms with Gasteiger partial charge in [-0.25, -0.2) is 9.50 Å². The molecule has 1 amide bonds. The first kappa shape index (κ1) is 14.4. The number of hydrogen-bond acceptors (Lipinski definition) is 5. The fourth-order valence-corrected chi connectivity index (χ4v) is 1.91. The van der Waals surface area contributed by atoms with Crippen LogP contribution in [-0.4, -0.2) is 42.7 Å². The maximum atomic E-state index is 12.2. The number of aliphatic hydroxyl groups excluding tert-OH is 1. The molecule has 2 rings (SSSR count). The van der Waals surface area contributed by atoms with Gasteiger partial charge in [-0.1, -0.05) is 6.92 Å². The SMILES string of the molecule is CCC(C)(CCO)NC(=O)c1nc2nccc(C)n2n1. The Hall–Kier alpha value is -2.02. The lowest BCUT2D eigenvalue weighted by Crippen LogP contribution is -2.46. The van der Waals surface area contributed by atoms with Crippen LogP contribution in [0.2, 0.25) is 0 Å². The van der Waals surface area contributed by atoms with Crippen LogP contribution < -0.4 is 5.32 Å². The van der Waals surface area contributed by atoms with E-state index in [-0.39, 0.29) is 18.3 Å². The molecule has 0 aliphatic heterocycles. The number of nitrogens with one attached hydrogen (secondary N) is 1. The van der Waals surface area contributed by atoms with Crippen LogP contribution in [-0.2, 0) is 0 Å². The molecule has 0 aliphatic carbocycles. The number of carbonyl (C=O) groups is 1. The molecule has 1 unspecified atom stereocenters. The van der Waals surface area contributed by atoms with Gasteiger partial charge in [0.25, 0.3) is 11.7 Å². The second-order valence-electron chi connectivity index (χ2n) is 5.08. The molecule has 0 aliphatic rings. The van der Waals surface area contributed by atoms with E-state index in [2.05, 4.69) is 20.4 Å². The number of fused-ring (bicyclic) bond motifs is 1. The smallest absolute Gasteiger partial charge is 0.291 e. The van der Waals surface area contributed by atoms with Gasteiger partial charge in [0.1, 0.15) is 0 Å². The van der Waals surface area contributed by atoms with Crippen LogP contribution in [0.15, 0.2) is 12.3 Å². The standard InChI is InChI=1S/C13H19N5O2/c1-4-13(3,6-8-19)16-11(20)10-15-12-14-7-5-9(2)18(12)17-10/h5,7,19H,4,6,8H2,1-3H3,(H,16,20). The Morgan fingerprint density at radius 3 is 2.90 bits per heavy atom. The van der Waals surface area contributed by atoms with Crippen LogP contribution >= 0.6 is 0 Å². The van der Waals surface area contributed by atoms with Crippen LogP contribution in [0.4, 0.5) is 0 Å². The summed E-state index contributed by atoms with van der Waals surface area (Å²) < 4.78 is 1.53. The highest BCUT2D eigenvalue weighted by atomic mass is 16.3. The Morgan fingerprint density at radius 2 is 2.30 bits per heavy atom. The van der Waals surface area contributed by atoms with Gasteiger partial charge in [0.15, 0.2) is 0 Å². The molecular weight excluding hydrogens is 258 g/mol. The van der Waals surface area contributed by atoms with E-state index in [9.17, 15) is 4.79 Å². The lowest BCUT2D eigenvalue weighted by atomic mass is 9.95. The average Bonchev–Trinajstić information content (AvgIpc) is 2.84. The Bertz CT molecular complexity index is 624. The molecule has 2 heterocycles. The van der Waals surface area contributed by atoms with E-state index in [4.69, 9.17) is 5.11 Å². The van der Waals surface area contributed by atoms with Gasteiger partial charge in [0.2, 0.25) is 5.82 Å². The van der Waals surface area contributed by atoms with Crippen LogP contribution in [0, 0.1) is 6.92 Å². The van der Waals surface area contributed by atoms with Gasteiger partial charge in [0, 0.05) is 24.0 Å². The highest BCUT2D eigenvalue weighted by Crippen LogP contribution is 2.14. The summed E-state index contributed by atoms with van der Waals surface area (Å²) in [5.41, 5.74) is 0.390. The van der Waals surface area contributed by atoms with Crippen molar-refractivity contribution in [3.05, 3.63) is 23.8 Å². The van der Waals surface area contributed by atoms with Crippen molar-refractivity contribution in [2.24, 2.45) is 0 Å². The highest BCUT2D eigenvalue weighted by molar-refractivity contribution is 5.91. The Labute approximate surface area is 117 Å². The first-order chi connectivity index (χ1) is 9.49. The zero-order chi connectivity index (χ0) is 14.8. The maximum absolute atomic E-state index is 12.2. The van der Waals surface area contributed by atoms with Crippen molar-refractivity contribution in [3.63, 3.8) is 0 Å². The van der Waals surface area contributed by atoms with Crippen molar-refractivity contribution >= 4 is 11.7 Å². The van der Waals surface area contributed by atoms with Crippen LogP contribution in [0.5, 0.6) is 0 Å². The summed E-state index contributed by atoms with van der Waals surface area (Å²) in [6.07, 6.45) is 2.83. The van der Waals surface area contributed by atoms with E-state index in [1.54, 1.807) is 12.3 Å². The number of amides is 1. The van der Waals surface area contributed by atoms with E-state index in [1.807, 2.05) is 20.8 Å². The predicted molar refractivity (Wildman–Crippen MR) is 73.4 cm³/mol. The molecule has 0 bridgehead atoms. The lowest BCUT2D eigenvalue weighted by molar-refractivity contribution is 0.0875. The van der Waals surface area contributed by atoms with E-state index in [0.717, 1.165) is 5.69 Å². The fourth-order valence-electron chi connectivity index (χ4n) is 1.91. The zero-order valence-corrected chi connectivity index (χ0v) is 11.9. The average molecular weight is 277 g/mol. The van der Waals surface area contributed by atoms with Gasteiger partial charge in [-0.3, -0.25) is 4.79 Å². The Kier molecular flexibility index (Phi) is 3.99. The second-order valence-corrected chi connectivity index (χ2v) is 5.08. The van der Waals surface area contributed by atoms with E-state index in [1.165, 1.54) is 4.52 Å². The molecule has 0 saturated heterocycles. The third-order valence-corrected chi connectivity index (χ3v) is 3.49. The van der Waals surface area contributed by atoms with Gasteiger partial charge < -0.3 is 10.4 Å². The summed E-state index contributed by atoms with van der Waals surface area (Å²) in [5.74, 6) is 0.132. The third kappa shape index (κ3) is 2.77. The molecule has 7 heteroatoms. The van der Waals surface area contributed by atoms with Gasteiger partial charge in [-0.15, -0.1) is 5.10 Å². The normalized spacial score (nSPS) is 14.2. The molecule has 0 aromatic carbocycles. The number of carbonyl (C=O) groups excluding carboxylic acids is 1. The summed E-state index contributed by atoms with van der Waals surface area (Å²) in [4.78, 5) is 20.4. The topological polar surface area (TPSA) is 92.4 Å². The predicted octanol–water partition coefficient (Wildman–Crippen LogP) is 0.714. The van der Waals surface area contributed by atoms with E-state index in [0.29, 0.717) is 18.6 Å². The summed E-state index contributed by atoms with van der Waals surface area (Å²) in [6, 6.07) is 1.80. The molecule has 7 nitrogen and oxygen atoms in total. The van der Waals surface area contributed by atoms with Crippen molar-refractivity contribution in [3.8, 4) is 0 Å². The zero-order valence-electron chi connectivity index (χ0n) is 11.9. The number of nitrogens with zero attached hydrogens (tertiary/aromatic N) is 4. The molecule has 2 aromatic rings. The minimum absolute atomic E-state index is 0.0177. The van der Waals surface area contributed by atoms with Gasteiger partial charge in [-0.2, -0.15) is 4.98 Å². The third-order valence-electron chi connectivity index (χ3n) is 3.49. The summed E-state index contributed by atoms with van der Waals surface area (Å²) in [6.45, 7) is 5.73. The van der Waals surface area contributed by atoms with Crippen LogP contribution in [0.25, 0.3) is 5.78 Å². The highest BCUT2D eigenvalue weighted by Gasteiger charge is 2.26. The van der Waals surface area contributed by atoms with Gasteiger partial charge >= 0.3 is 0 Å². The molecule has 108 valence electrons. The first-order valence-electron chi connectivity index (χ1n) is 6.61.